The molecule has 0 N–H and O–H groups in total. The zero-order valence-electron chi connectivity index (χ0n) is 13.4. The van der Waals surface area contributed by atoms with E-state index in [2.05, 4.69) is 5.10 Å². The molecule has 0 spiro atoms. The predicted octanol–water partition coefficient (Wildman–Crippen LogP) is 3.66. The highest BCUT2D eigenvalue weighted by Crippen LogP contribution is 2.38. The zero-order valence-corrected chi connectivity index (χ0v) is 14.2. The summed E-state index contributed by atoms with van der Waals surface area (Å²) in [5.74, 6) is 1.36. The average Bonchev–Trinajstić information content (AvgIpc) is 3.05. The van der Waals surface area contributed by atoms with Crippen LogP contribution in [0.1, 0.15) is 23.6 Å². The topological polar surface area (TPSA) is 51.1 Å². The summed E-state index contributed by atoms with van der Waals surface area (Å²) in [4.78, 5) is 11.5. The summed E-state index contributed by atoms with van der Waals surface area (Å²) < 4.78 is 10.7. The van der Waals surface area contributed by atoms with E-state index >= 15 is 0 Å². The van der Waals surface area contributed by atoms with Crippen molar-refractivity contribution in [2.24, 2.45) is 5.10 Å². The number of ether oxygens (including phenoxy) is 2. The lowest BCUT2D eigenvalue weighted by atomic mass is 9.97. The third kappa shape index (κ3) is 3.08. The van der Waals surface area contributed by atoms with Crippen LogP contribution in [0.3, 0.4) is 0 Å². The van der Waals surface area contributed by atoms with Gasteiger partial charge in [-0.05, 0) is 29.8 Å². The molecule has 1 aliphatic rings. The van der Waals surface area contributed by atoms with Gasteiger partial charge in [0.15, 0.2) is 0 Å². The molecule has 0 fully saturated rings. The van der Waals surface area contributed by atoms with Crippen LogP contribution in [0.5, 0.6) is 11.5 Å². The normalized spacial score (nSPS) is 16.7. The van der Waals surface area contributed by atoms with Crippen LogP contribution in [0.25, 0.3) is 0 Å². The molecule has 124 valence electrons. The maximum atomic E-state index is 11.5. The monoisotopic (exact) mass is 344 g/mol. The molecule has 0 radical (unpaired) electrons. The second-order valence-corrected chi connectivity index (χ2v) is 5.80. The first-order valence-corrected chi connectivity index (χ1v) is 7.83. The standard InChI is InChI=1S/C18H17ClN2O3/c1-23-14-7-8-15(18(9-14)24-2)17-10-16(20-21(17)11-22)12-3-5-13(19)6-4-12/h3-9,11,17H,10H2,1-2H3. The first kappa shape index (κ1) is 16.3. The van der Waals surface area contributed by atoms with Crippen molar-refractivity contribution in [2.45, 2.75) is 12.5 Å². The van der Waals surface area contributed by atoms with Crippen LogP contribution >= 0.6 is 11.6 Å². The number of carbonyl (C=O) groups excluding carboxylic acids is 1. The Hall–Kier alpha value is -2.53. The largest absolute Gasteiger partial charge is 0.497 e. The molecule has 5 nitrogen and oxygen atoms in total. The van der Waals surface area contributed by atoms with Crippen LogP contribution in [-0.4, -0.2) is 31.4 Å². The number of amides is 1. The molecule has 0 saturated carbocycles. The predicted molar refractivity (Wildman–Crippen MR) is 92.8 cm³/mol. The summed E-state index contributed by atoms with van der Waals surface area (Å²) in [5.41, 5.74) is 2.67. The van der Waals surface area contributed by atoms with Crippen LogP contribution in [-0.2, 0) is 4.79 Å². The summed E-state index contributed by atoms with van der Waals surface area (Å²) in [6, 6.07) is 12.8. The van der Waals surface area contributed by atoms with Gasteiger partial charge < -0.3 is 9.47 Å². The lowest BCUT2D eigenvalue weighted by Gasteiger charge is -2.20. The van der Waals surface area contributed by atoms with Gasteiger partial charge in [-0.25, -0.2) is 5.01 Å². The number of hydrogen-bond acceptors (Lipinski definition) is 4. The molecule has 2 aromatic carbocycles. The van der Waals surface area contributed by atoms with Crippen LogP contribution in [0.2, 0.25) is 5.02 Å². The van der Waals surface area contributed by atoms with Crippen molar-refractivity contribution in [2.75, 3.05) is 14.2 Å². The van der Waals surface area contributed by atoms with E-state index in [1.807, 2.05) is 36.4 Å². The SMILES string of the molecule is COc1ccc(C2CC(c3ccc(Cl)cc3)=NN2C=O)c(OC)c1. The summed E-state index contributed by atoms with van der Waals surface area (Å²) in [6.07, 6.45) is 1.33. The number of methoxy groups -OCH3 is 2. The molecular formula is C18H17ClN2O3. The van der Waals surface area contributed by atoms with E-state index in [9.17, 15) is 4.79 Å². The highest BCUT2D eigenvalue weighted by atomic mass is 35.5. The Morgan fingerprint density at radius 2 is 1.92 bits per heavy atom. The van der Waals surface area contributed by atoms with Gasteiger partial charge in [-0.1, -0.05) is 23.7 Å². The first-order chi connectivity index (χ1) is 11.7. The molecular weight excluding hydrogens is 328 g/mol. The molecule has 0 saturated heterocycles. The van der Waals surface area contributed by atoms with Crippen molar-refractivity contribution in [1.82, 2.24) is 5.01 Å². The second kappa shape index (κ2) is 6.93. The van der Waals surface area contributed by atoms with Crippen LogP contribution in [0.15, 0.2) is 47.6 Å². The molecule has 1 atom stereocenters. The van der Waals surface area contributed by atoms with Gasteiger partial charge in [-0.3, -0.25) is 4.79 Å². The van der Waals surface area contributed by atoms with Crippen molar-refractivity contribution >= 4 is 23.7 Å². The molecule has 0 aliphatic carbocycles. The molecule has 1 aliphatic heterocycles. The number of benzene rings is 2. The number of hydrogen-bond donors (Lipinski definition) is 0. The highest BCUT2D eigenvalue weighted by molar-refractivity contribution is 6.30. The molecule has 3 rings (SSSR count). The molecule has 2 aromatic rings. The molecule has 1 heterocycles. The molecule has 6 heteroatoms. The minimum Gasteiger partial charge on any atom is -0.497 e. The number of halogens is 1. The van der Waals surface area contributed by atoms with E-state index in [0.717, 1.165) is 23.2 Å². The van der Waals surface area contributed by atoms with E-state index in [-0.39, 0.29) is 6.04 Å². The quantitative estimate of drug-likeness (QED) is 0.778. The lowest BCUT2D eigenvalue weighted by molar-refractivity contribution is -0.119. The van der Waals surface area contributed by atoms with E-state index < -0.39 is 0 Å². The zero-order chi connectivity index (χ0) is 17.1. The Bertz CT molecular complexity index is 774. The third-order valence-corrected chi connectivity index (χ3v) is 4.28. The number of rotatable bonds is 5. The molecule has 0 aromatic heterocycles. The van der Waals surface area contributed by atoms with Crippen molar-refractivity contribution in [3.63, 3.8) is 0 Å². The third-order valence-electron chi connectivity index (χ3n) is 4.03. The van der Waals surface area contributed by atoms with Crippen LogP contribution in [0.4, 0.5) is 0 Å². The van der Waals surface area contributed by atoms with E-state index in [0.29, 0.717) is 22.9 Å². The van der Waals surface area contributed by atoms with Gasteiger partial charge in [0.1, 0.15) is 11.5 Å². The number of carbonyl (C=O) groups is 1. The Morgan fingerprint density at radius 3 is 2.54 bits per heavy atom. The molecule has 0 bridgehead atoms. The van der Waals surface area contributed by atoms with Gasteiger partial charge in [0.05, 0.1) is 26.0 Å². The van der Waals surface area contributed by atoms with Gasteiger partial charge in [-0.2, -0.15) is 5.10 Å². The van der Waals surface area contributed by atoms with Crippen molar-refractivity contribution in [1.29, 1.82) is 0 Å². The average molecular weight is 345 g/mol. The van der Waals surface area contributed by atoms with Gasteiger partial charge in [0.25, 0.3) is 0 Å². The summed E-state index contributed by atoms with van der Waals surface area (Å²) in [5, 5.41) is 6.52. The number of hydrazone groups is 1. The van der Waals surface area contributed by atoms with Crippen molar-refractivity contribution in [3.05, 3.63) is 58.6 Å². The van der Waals surface area contributed by atoms with E-state index in [4.69, 9.17) is 21.1 Å². The highest BCUT2D eigenvalue weighted by Gasteiger charge is 2.30. The van der Waals surface area contributed by atoms with E-state index in [1.165, 1.54) is 5.01 Å². The molecule has 1 unspecified atom stereocenters. The van der Waals surface area contributed by atoms with Crippen LogP contribution in [0, 0.1) is 0 Å². The first-order valence-electron chi connectivity index (χ1n) is 7.45. The van der Waals surface area contributed by atoms with Gasteiger partial charge in [-0.15, -0.1) is 0 Å². The summed E-state index contributed by atoms with van der Waals surface area (Å²) >= 11 is 5.93. The fourth-order valence-corrected chi connectivity index (χ4v) is 2.91. The van der Waals surface area contributed by atoms with E-state index in [1.54, 1.807) is 20.3 Å². The maximum absolute atomic E-state index is 11.5. The van der Waals surface area contributed by atoms with Gasteiger partial charge in [0, 0.05) is 23.1 Å². The summed E-state index contributed by atoms with van der Waals surface area (Å²) in [6.45, 7) is 0. The smallest absolute Gasteiger partial charge is 0.230 e. The van der Waals surface area contributed by atoms with Crippen LogP contribution < -0.4 is 9.47 Å². The van der Waals surface area contributed by atoms with Gasteiger partial charge in [0.2, 0.25) is 6.41 Å². The maximum Gasteiger partial charge on any atom is 0.230 e. The minimum absolute atomic E-state index is 0.214. The summed E-state index contributed by atoms with van der Waals surface area (Å²) in [7, 11) is 3.20. The Morgan fingerprint density at radius 1 is 1.17 bits per heavy atom. The lowest BCUT2D eigenvalue weighted by Crippen LogP contribution is -2.18. The Balaban J connectivity index is 1.93. The van der Waals surface area contributed by atoms with Crippen molar-refractivity contribution < 1.29 is 14.3 Å². The molecule has 1 amide bonds. The molecule has 24 heavy (non-hydrogen) atoms. The second-order valence-electron chi connectivity index (χ2n) is 5.37. The fraction of sp³-hybridized carbons (Fsp3) is 0.222. The Kier molecular flexibility index (Phi) is 4.71. The fourth-order valence-electron chi connectivity index (χ4n) is 2.79. The number of nitrogens with zero attached hydrogens (tertiary/aromatic N) is 2. The van der Waals surface area contributed by atoms with Crippen molar-refractivity contribution in [3.8, 4) is 11.5 Å². The van der Waals surface area contributed by atoms with Gasteiger partial charge >= 0.3 is 0 Å². The Labute approximate surface area is 145 Å². The minimum atomic E-state index is -0.214.